The molecule has 2 aliphatic rings. The molecule has 13 heteroatoms. The molecule has 1 amide bonds. The van der Waals surface area contributed by atoms with Gasteiger partial charge in [0.1, 0.15) is 29.0 Å². The van der Waals surface area contributed by atoms with Gasteiger partial charge in [-0.2, -0.15) is 5.26 Å². The lowest BCUT2D eigenvalue weighted by Crippen LogP contribution is -2.48. The van der Waals surface area contributed by atoms with Gasteiger partial charge in [0, 0.05) is 51.0 Å². The highest BCUT2D eigenvalue weighted by Gasteiger charge is 2.38. The van der Waals surface area contributed by atoms with Crippen molar-refractivity contribution in [3.05, 3.63) is 108 Å². The molecule has 2 aromatic carbocycles. The van der Waals surface area contributed by atoms with Gasteiger partial charge in [0.15, 0.2) is 4.32 Å². The van der Waals surface area contributed by atoms with Gasteiger partial charge in [-0.15, -0.1) is 0 Å². The van der Waals surface area contributed by atoms with Gasteiger partial charge in [-0.1, -0.05) is 42.2 Å². The molecule has 0 spiro atoms. The third kappa shape index (κ3) is 5.47. The molecular weight excluding hydrogens is 638 g/mol. The SMILES string of the molecule is CCn1c(N2CCN(c3ccc(F)cc3)CC2)c(C=C2SC(=S)N(c3c(C)n(C)n(-c4ccccc4)c3=O)C2=O)c(C)c(C#N)c1=O. The third-order valence-electron chi connectivity index (χ3n) is 8.75. The van der Waals surface area contributed by atoms with Gasteiger partial charge in [-0.25, -0.2) is 9.07 Å². The second kappa shape index (κ2) is 12.7. The van der Waals surface area contributed by atoms with Crippen molar-refractivity contribution in [2.75, 3.05) is 40.9 Å². The standard InChI is InChI=1S/C34H32FN7O3S2/c1-5-40-30(39-17-15-38(16-18-39)24-13-11-23(35)12-14-24)26(21(2)27(20-36)31(40)43)19-28-32(44)41(34(46)47-28)29-22(3)37(4)42(33(29)45)25-9-7-6-8-10-25/h6-14,19H,5,15-18H2,1-4H3. The monoisotopic (exact) mass is 669 g/mol. The number of nitriles is 1. The number of halogens is 1. The normalized spacial score (nSPS) is 16.0. The number of amides is 1. The van der Waals surface area contributed by atoms with Crippen LogP contribution in [0, 0.1) is 31.0 Å². The zero-order chi connectivity index (χ0) is 33.6. The molecule has 0 aliphatic carbocycles. The number of anilines is 3. The maximum Gasteiger partial charge on any atom is 0.296 e. The Kier molecular flexibility index (Phi) is 8.65. The predicted molar refractivity (Wildman–Crippen MR) is 188 cm³/mol. The van der Waals surface area contributed by atoms with Crippen LogP contribution in [0.1, 0.15) is 29.3 Å². The van der Waals surface area contributed by atoms with Crippen LogP contribution in [0.4, 0.5) is 21.6 Å². The fourth-order valence-corrected chi connectivity index (χ4v) is 7.46. The lowest BCUT2D eigenvalue weighted by molar-refractivity contribution is -0.113. The number of carbonyl (C=O) groups is 1. The zero-order valence-corrected chi connectivity index (χ0v) is 28.0. The van der Waals surface area contributed by atoms with Crippen LogP contribution in [-0.4, -0.2) is 50.3 Å². The second-order valence-electron chi connectivity index (χ2n) is 11.3. The summed E-state index contributed by atoms with van der Waals surface area (Å²) in [6, 6.07) is 17.6. The molecule has 6 rings (SSSR count). The summed E-state index contributed by atoms with van der Waals surface area (Å²) in [4.78, 5) is 47.2. The molecule has 47 heavy (non-hydrogen) atoms. The average Bonchev–Trinajstić information content (AvgIpc) is 3.47. The average molecular weight is 670 g/mol. The van der Waals surface area contributed by atoms with Crippen molar-refractivity contribution in [1.82, 2.24) is 13.9 Å². The number of nitrogens with zero attached hydrogens (tertiary/aromatic N) is 7. The number of aromatic nitrogens is 3. The summed E-state index contributed by atoms with van der Waals surface area (Å²) in [6.45, 7) is 7.96. The summed E-state index contributed by atoms with van der Waals surface area (Å²) < 4.78 is 18.5. The first-order chi connectivity index (χ1) is 22.6. The van der Waals surface area contributed by atoms with Crippen molar-refractivity contribution in [3.63, 3.8) is 0 Å². The number of hydrogen-bond donors (Lipinski definition) is 0. The van der Waals surface area contributed by atoms with Crippen LogP contribution < -0.4 is 25.8 Å². The van der Waals surface area contributed by atoms with Gasteiger partial charge in [0.25, 0.3) is 17.0 Å². The Morgan fingerprint density at radius 3 is 2.19 bits per heavy atom. The fraction of sp³-hybridized carbons (Fsp3) is 0.265. The summed E-state index contributed by atoms with van der Waals surface area (Å²) in [7, 11) is 1.75. The molecule has 2 saturated heterocycles. The molecule has 2 aromatic heterocycles. The molecule has 0 radical (unpaired) electrons. The minimum absolute atomic E-state index is 0.00641. The smallest absolute Gasteiger partial charge is 0.296 e. The predicted octanol–water partition coefficient (Wildman–Crippen LogP) is 4.72. The number of carbonyl (C=O) groups excluding carboxylic acids is 1. The van der Waals surface area contributed by atoms with Crippen LogP contribution in [0.2, 0.25) is 0 Å². The fourth-order valence-electron chi connectivity index (χ4n) is 6.21. The van der Waals surface area contributed by atoms with Gasteiger partial charge >= 0.3 is 0 Å². The van der Waals surface area contributed by atoms with Gasteiger partial charge < -0.3 is 9.80 Å². The zero-order valence-electron chi connectivity index (χ0n) is 26.4. The number of benzene rings is 2. The van der Waals surface area contributed by atoms with Gasteiger partial charge in [-0.3, -0.25) is 28.5 Å². The molecule has 0 saturated carbocycles. The Labute approximate surface area is 280 Å². The lowest BCUT2D eigenvalue weighted by Gasteiger charge is -2.39. The van der Waals surface area contributed by atoms with E-state index >= 15 is 0 Å². The van der Waals surface area contributed by atoms with E-state index in [1.54, 1.807) is 48.4 Å². The Bertz CT molecular complexity index is 2100. The van der Waals surface area contributed by atoms with E-state index in [-0.39, 0.29) is 31.9 Å². The molecule has 0 atom stereocenters. The molecule has 0 N–H and O–H groups in total. The van der Waals surface area contributed by atoms with E-state index in [1.165, 1.54) is 21.7 Å². The minimum atomic E-state index is -0.453. The topological polar surface area (TPSA) is 99.5 Å². The number of rotatable bonds is 6. The molecule has 0 bridgehead atoms. The highest BCUT2D eigenvalue weighted by Crippen LogP contribution is 2.38. The van der Waals surface area contributed by atoms with Crippen molar-refractivity contribution in [1.29, 1.82) is 5.26 Å². The molecule has 2 fully saturated rings. The Morgan fingerprint density at radius 2 is 1.57 bits per heavy atom. The Morgan fingerprint density at radius 1 is 0.936 bits per heavy atom. The number of thioether (sulfide) groups is 1. The van der Waals surface area contributed by atoms with Crippen LogP contribution in [0.5, 0.6) is 0 Å². The van der Waals surface area contributed by atoms with Crippen LogP contribution in [-0.2, 0) is 18.4 Å². The molecule has 10 nitrogen and oxygen atoms in total. The maximum atomic E-state index is 14.1. The summed E-state index contributed by atoms with van der Waals surface area (Å²) in [5, 5.41) is 9.98. The lowest BCUT2D eigenvalue weighted by atomic mass is 10.0. The Hall–Kier alpha value is -4.93. The largest absolute Gasteiger partial charge is 0.368 e. The maximum absolute atomic E-state index is 14.1. The Balaban J connectivity index is 1.41. The van der Waals surface area contributed by atoms with Crippen molar-refractivity contribution in [2.24, 2.45) is 7.05 Å². The summed E-state index contributed by atoms with van der Waals surface area (Å²) >= 11 is 6.76. The molecule has 4 aromatic rings. The molecule has 0 unspecified atom stereocenters. The summed E-state index contributed by atoms with van der Waals surface area (Å²) in [6.07, 6.45) is 1.69. The van der Waals surface area contributed by atoms with E-state index in [0.717, 1.165) is 17.4 Å². The van der Waals surface area contributed by atoms with E-state index in [0.29, 0.717) is 61.0 Å². The highest BCUT2D eigenvalue weighted by atomic mass is 32.2. The van der Waals surface area contributed by atoms with Crippen molar-refractivity contribution in [3.8, 4) is 11.8 Å². The number of piperazine rings is 1. The van der Waals surface area contributed by atoms with E-state index in [9.17, 15) is 24.0 Å². The number of pyridine rings is 1. The quantitative estimate of drug-likeness (QED) is 0.215. The van der Waals surface area contributed by atoms with Crippen LogP contribution in [0.25, 0.3) is 11.8 Å². The second-order valence-corrected chi connectivity index (χ2v) is 13.0. The first-order valence-corrected chi connectivity index (χ1v) is 16.3. The number of para-hydroxylation sites is 1. The molecular formula is C34H32FN7O3S2. The van der Waals surface area contributed by atoms with E-state index in [4.69, 9.17) is 12.2 Å². The van der Waals surface area contributed by atoms with E-state index in [2.05, 4.69) is 15.9 Å². The van der Waals surface area contributed by atoms with Crippen LogP contribution >= 0.6 is 24.0 Å². The van der Waals surface area contributed by atoms with Crippen LogP contribution in [0.15, 0.2) is 69.1 Å². The van der Waals surface area contributed by atoms with Crippen molar-refractivity contribution in [2.45, 2.75) is 27.3 Å². The highest BCUT2D eigenvalue weighted by molar-refractivity contribution is 8.27. The van der Waals surface area contributed by atoms with Gasteiger partial charge in [0.2, 0.25) is 0 Å². The number of hydrogen-bond acceptors (Lipinski definition) is 8. The molecule has 4 heterocycles. The first kappa shape index (κ1) is 32.0. The van der Waals surface area contributed by atoms with Crippen LogP contribution in [0.3, 0.4) is 0 Å². The summed E-state index contributed by atoms with van der Waals surface area (Å²) in [5.41, 5.74) is 2.57. The third-order valence-corrected chi connectivity index (χ3v) is 10.1. The van der Waals surface area contributed by atoms with Gasteiger partial charge in [0.05, 0.1) is 16.3 Å². The first-order valence-electron chi connectivity index (χ1n) is 15.1. The molecule has 240 valence electrons. The van der Waals surface area contributed by atoms with E-state index < -0.39 is 11.5 Å². The summed E-state index contributed by atoms with van der Waals surface area (Å²) in [5.74, 6) is -0.141. The molecule has 2 aliphatic heterocycles. The van der Waals surface area contributed by atoms with Crippen molar-refractivity contribution < 1.29 is 9.18 Å². The van der Waals surface area contributed by atoms with Crippen molar-refractivity contribution >= 4 is 57.5 Å². The van der Waals surface area contributed by atoms with E-state index in [1.807, 2.05) is 37.3 Å². The minimum Gasteiger partial charge on any atom is -0.368 e. The van der Waals surface area contributed by atoms with Gasteiger partial charge in [-0.05, 0) is 68.8 Å². The number of thiocarbonyl (C=S) groups is 1.